The number of hydrogen-bond acceptors (Lipinski definition) is 3. The second-order valence-corrected chi connectivity index (χ2v) is 5.79. The maximum Gasteiger partial charge on any atom is 0.251 e. The molecule has 0 bridgehead atoms. The first kappa shape index (κ1) is 17.5. The Labute approximate surface area is 153 Å². The highest BCUT2D eigenvalue weighted by molar-refractivity contribution is 5.95. The second-order valence-electron chi connectivity index (χ2n) is 5.79. The van der Waals surface area contributed by atoms with Gasteiger partial charge in [-0.3, -0.25) is 4.79 Å². The fourth-order valence-corrected chi connectivity index (χ4v) is 2.57. The summed E-state index contributed by atoms with van der Waals surface area (Å²) in [5.41, 5.74) is 2.48. The van der Waals surface area contributed by atoms with Gasteiger partial charge in [-0.1, -0.05) is 48.5 Å². The number of para-hydroxylation sites is 1. The summed E-state index contributed by atoms with van der Waals surface area (Å²) in [4.78, 5) is 12.6. The Balaban J connectivity index is 1.63. The molecule has 0 aliphatic heterocycles. The van der Waals surface area contributed by atoms with Gasteiger partial charge in [-0.15, -0.1) is 0 Å². The third-order valence-electron chi connectivity index (χ3n) is 4.01. The topological polar surface area (TPSA) is 47.6 Å². The lowest BCUT2D eigenvalue weighted by atomic mass is 10.1. The Morgan fingerprint density at radius 1 is 0.846 bits per heavy atom. The molecule has 0 radical (unpaired) electrons. The molecule has 4 heteroatoms. The van der Waals surface area contributed by atoms with E-state index in [0.717, 1.165) is 22.6 Å². The van der Waals surface area contributed by atoms with Gasteiger partial charge in [-0.25, -0.2) is 0 Å². The van der Waals surface area contributed by atoms with Gasteiger partial charge in [-0.2, -0.15) is 0 Å². The van der Waals surface area contributed by atoms with Crippen molar-refractivity contribution in [1.29, 1.82) is 0 Å². The minimum atomic E-state index is -0.118. The summed E-state index contributed by atoms with van der Waals surface area (Å²) in [7, 11) is 1.63. The maximum atomic E-state index is 12.6. The maximum absolute atomic E-state index is 12.6. The SMILES string of the molecule is COc1ccc(CNC(=O)c2ccccc2COc2ccccc2)cc1. The first-order valence-electron chi connectivity index (χ1n) is 8.43. The molecule has 3 aromatic carbocycles. The van der Waals surface area contributed by atoms with E-state index in [-0.39, 0.29) is 5.91 Å². The van der Waals surface area contributed by atoms with Crippen molar-refractivity contribution in [2.75, 3.05) is 7.11 Å². The van der Waals surface area contributed by atoms with E-state index in [1.54, 1.807) is 7.11 Å². The van der Waals surface area contributed by atoms with E-state index < -0.39 is 0 Å². The summed E-state index contributed by atoms with van der Waals surface area (Å²) in [5.74, 6) is 1.46. The van der Waals surface area contributed by atoms with Crippen LogP contribution in [-0.2, 0) is 13.2 Å². The third kappa shape index (κ3) is 4.63. The molecule has 0 fully saturated rings. The molecule has 0 saturated carbocycles. The van der Waals surface area contributed by atoms with Crippen molar-refractivity contribution >= 4 is 5.91 Å². The van der Waals surface area contributed by atoms with Gasteiger partial charge in [0.05, 0.1) is 7.11 Å². The van der Waals surface area contributed by atoms with Crippen LogP contribution in [-0.4, -0.2) is 13.0 Å². The van der Waals surface area contributed by atoms with Crippen molar-refractivity contribution in [3.63, 3.8) is 0 Å². The number of ether oxygens (including phenoxy) is 2. The molecule has 0 atom stereocenters. The first-order chi connectivity index (χ1) is 12.8. The van der Waals surface area contributed by atoms with E-state index >= 15 is 0 Å². The molecule has 3 aromatic rings. The predicted molar refractivity (Wildman–Crippen MR) is 101 cm³/mol. The summed E-state index contributed by atoms with van der Waals surface area (Å²) >= 11 is 0. The number of hydrogen-bond donors (Lipinski definition) is 1. The molecule has 0 aliphatic rings. The second kappa shape index (κ2) is 8.72. The van der Waals surface area contributed by atoms with E-state index in [0.29, 0.717) is 18.7 Å². The van der Waals surface area contributed by atoms with Crippen LogP contribution in [0.4, 0.5) is 0 Å². The summed E-state index contributed by atoms with van der Waals surface area (Å²) < 4.78 is 10.9. The lowest BCUT2D eigenvalue weighted by Gasteiger charge is -2.12. The Kier molecular flexibility index (Phi) is 5.88. The van der Waals surface area contributed by atoms with Crippen LogP contribution in [0.15, 0.2) is 78.9 Å². The Bertz CT molecular complexity index is 845. The van der Waals surface area contributed by atoms with Crippen LogP contribution >= 0.6 is 0 Å². The molecule has 4 nitrogen and oxygen atoms in total. The van der Waals surface area contributed by atoms with Crippen LogP contribution in [0.3, 0.4) is 0 Å². The van der Waals surface area contributed by atoms with E-state index in [2.05, 4.69) is 5.32 Å². The molecule has 1 amide bonds. The quantitative estimate of drug-likeness (QED) is 0.697. The van der Waals surface area contributed by atoms with Crippen molar-refractivity contribution in [1.82, 2.24) is 5.32 Å². The molecule has 0 heterocycles. The fraction of sp³-hybridized carbons (Fsp3) is 0.136. The molecule has 0 aliphatic carbocycles. The molecular formula is C22H21NO3. The van der Waals surface area contributed by atoms with E-state index in [1.165, 1.54) is 0 Å². The zero-order valence-electron chi connectivity index (χ0n) is 14.6. The van der Waals surface area contributed by atoms with Gasteiger partial charge >= 0.3 is 0 Å². The predicted octanol–water partition coefficient (Wildman–Crippen LogP) is 4.20. The molecule has 0 spiro atoms. The minimum absolute atomic E-state index is 0.118. The van der Waals surface area contributed by atoms with E-state index in [9.17, 15) is 4.79 Å². The molecule has 0 unspecified atom stereocenters. The highest BCUT2D eigenvalue weighted by atomic mass is 16.5. The summed E-state index contributed by atoms with van der Waals surface area (Å²) in [5, 5.41) is 2.96. The van der Waals surface area contributed by atoms with Crippen LogP contribution in [0, 0.1) is 0 Å². The molecule has 3 rings (SSSR count). The number of nitrogens with one attached hydrogen (secondary N) is 1. The Hall–Kier alpha value is -3.27. The zero-order valence-corrected chi connectivity index (χ0v) is 14.6. The number of benzene rings is 3. The monoisotopic (exact) mass is 347 g/mol. The van der Waals surface area contributed by atoms with Crippen molar-refractivity contribution in [2.45, 2.75) is 13.2 Å². The fourth-order valence-electron chi connectivity index (χ4n) is 2.57. The van der Waals surface area contributed by atoms with Crippen LogP contribution < -0.4 is 14.8 Å². The average Bonchev–Trinajstić information content (AvgIpc) is 2.72. The largest absolute Gasteiger partial charge is 0.497 e. The minimum Gasteiger partial charge on any atom is -0.497 e. The van der Waals surface area contributed by atoms with Crippen molar-refractivity contribution in [3.05, 3.63) is 95.6 Å². The smallest absolute Gasteiger partial charge is 0.251 e. The van der Waals surface area contributed by atoms with Gasteiger partial charge in [0.25, 0.3) is 5.91 Å². The normalized spacial score (nSPS) is 10.2. The Morgan fingerprint density at radius 3 is 2.27 bits per heavy atom. The molecular weight excluding hydrogens is 326 g/mol. The van der Waals surface area contributed by atoms with Crippen LogP contribution in [0.5, 0.6) is 11.5 Å². The molecule has 1 N–H and O–H groups in total. The summed E-state index contributed by atoms with van der Waals surface area (Å²) in [6, 6.07) is 24.7. The highest BCUT2D eigenvalue weighted by Crippen LogP contribution is 2.15. The van der Waals surface area contributed by atoms with Gasteiger partial charge in [0.2, 0.25) is 0 Å². The lowest BCUT2D eigenvalue weighted by Crippen LogP contribution is -2.24. The van der Waals surface area contributed by atoms with Gasteiger partial charge < -0.3 is 14.8 Å². The number of amides is 1. The number of methoxy groups -OCH3 is 1. The van der Waals surface area contributed by atoms with Gasteiger partial charge in [0.15, 0.2) is 0 Å². The van der Waals surface area contributed by atoms with Crippen LogP contribution in [0.1, 0.15) is 21.5 Å². The highest BCUT2D eigenvalue weighted by Gasteiger charge is 2.11. The number of rotatable bonds is 7. The van der Waals surface area contributed by atoms with Gasteiger partial charge in [0, 0.05) is 17.7 Å². The van der Waals surface area contributed by atoms with E-state index in [1.807, 2.05) is 78.9 Å². The van der Waals surface area contributed by atoms with Crippen molar-refractivity contribution < 1.29 is 14.3 Å². The van der Waals surface area contributed by atoms with Crippen LogP contribution in [0.25, 0.3) is 0 Å². The zero-order chi connectivity index (χ0) is 18.2. The molecule has 26 heavy (non-hydrogen) atoms. The molecule has 132 valence electrons. The number of carbonyl (C=O) groups is 1. The first-order valence-corrected chi connectivity index (χ1v) is 8.43. The van der Waals surface area contributed by atoms with Gasteiger partial charge in [-0.05, 0) is 35.9 Å². The average molecular weight is 347 g/mol. The summed E-state index contributed by atoms with van der Waals surface area (Å²) in [6.45, 7) is 0.798. The summed E-state index contributed by atoms with van der Waals surface area (Å²) in [6.07, 6.45) is 0. The standard InChI is InChI=1S/C22H21NO3/c1-25-19-13-11-17(12-14-19)15-23-22(24)21-10-6-5-7-18(21)16-26-20-8-3-2-4-9-20/h2-14H,15-16H2,1H3,(H,23,24). The molecule has 0 saturated heterocycles. The van der Waals surface area contributed by atoms with E-state index in [4.69, 9.17) is 9.47 Å². The lowest BCUT2D eigenvalue weighted by molar-refractivity contribution is 0.0948. The Morgan fingerprint density at radius 2 is 1.54 bits per heavy atom. The van der Waals surface area contributed by atoms with Crippen molar-refractivity contribution in [3.8, 4) is 11.5 Å². The van der Waals surface area contributed by atoms with Crippen molar-refractivity contribution in [2.24, 2.45) is 0 Å². The third-order valence-corrected chi connectivity index (χ3v) is 4.01. The van der Waals surface area contributed by atoms with Gasteiger partial charge in [0.1, 0.15) is 18.1 Å². The molecule has 0 aromatic heterocycles. The number of carbonyl (C=O) groups excluding carboxylic acids is 1. The van der Waals surface area contributed by atoms with Crippen LogP contribution in [0.2, 0.25) is 0 Å².